The summed E-state index contributed by atoms with van der Waals surface area (Å²) < 4.78 is 1.22. The lowest BCUT2D eigenvalue weighted by molar-refractivity contribution is -0.133. The van der Waals surface area contributed by atoms with E-state index in [1.54, 1.807) is 11.3 Å². The zero-order chi connectivity index (χ0) is 23.5. The lowest BCUT2D eigenvalue weighted by atomic mass is 9.85. The van der Waals surface area contributed by atoms with Crippen LogP contribution in [-0.2, 0) is 16.9 Å². The summed E-state index contributed by atoms with van der Waals surface area (Å²) in [5.74, 6) is -0.131. The number of unbranched alkanes of at least 4 members (excludes halogenated alkanes) is 1. The molecule has 3 aromatic rings. The lowest BCUT2D eigenvalue weighted by Crippen LogP contribution is -2.51. The Morgan fingerprint density at radius 2 is 1.68 bits per heavy atom. The summed E-state index contributed by atoms with van der Waals surface area (Å²) in [6.45, 7) is 6.68. The largest absolute Gasteiger partial charge is 0.326 e. The van der Waals surface area contributed by atoms with Crippen LogP contribution in [0.3, 0.4) is 0 Å². The number of nitrogens with one attached hydrogen (secondary N) is 1. The van der Waals surface area contributed by atoms with E-state index in [4.69, 9.17) is 4.98 Å². The highest BCUT2D eigenvalue weighted by molar-refractivity contribution is 7.18. The van der Waals surface area contributed by atoms with E-state index in [0.717, 1.165) is 61.7 Å². The molecule has 2 aliphatic rings. The van der Waals surface area contributed by atoms with Crippen LogP contribution in [0.2, 0.25) is 0 Å². The van der Waals surface area contributed by atoms with Gasteiger partial charge in [-0.2, -0.15) is 0 Å². The van der Waals surface area contributed by atoms with Crippen molar-refractivity contribution < 1.29 is 9.59 Å². The van der Waals surface area contributed by atoms with Crippen LogP contribution in [0.1, 0.15) is 36.8 Å². The number of benzene rings is 2. The summed E-state index contributed by atoms with van der Waals surface area (Å²) in [7, 11) is 0. The van der Waals surface area contributed by atoms with Gasteiger partial charge in [-0.25, -0.2) is 14.7 Å². The number of carbonyl (C=O) groups excluding carboxylic acids is 2. The summed E-state index contributed by atoms with van der Waals surface area (Å²) in [6.07, 6.45) is 2.46. The number of hydrogen-bond acceptors (Lipinski definition) is 6. The fourth-order valence-corrected chi connectivity index (χ4v) is 5.91. The van der Waals surface area contributed by atoms with Crippen molar-refractivity contribution in [1.29, 1.82) is 0 Å². The second-order valence-corrected chi connectivity index (χ2v) is 10.3. The van der Waals surface area contributed by atoms with Crippen LogP contribution in [0, 0.1) is 0 Å². The number of thiazole rings is 1. The van der Waals surface area contributed by atoms with Crippen molar-refractivity contribution in [2.45, 2.75) is 38.3 Å². The second-order valence-electron chi connectivity index (χ2n) is 9.15. The standard InChI is InChI=1S/C26H31N5O2S/c1-2-3-13-26(20-9-5-4-6-10-20)24(32)31(25(33)28-26)19-30-16-14-29(15-17-30)18-23-27-21-11-7-8-12-22(21)34-23/h4-12H,2-3,13-19H2,1H3,(H,28,33). The van der Waals surface area contributed by atoms with Crippen LogP contribution in [0.4, 0.5) is 4.79 Å². The summed E-state index contributed by atoms with van der Waals surface area (Å²) in [5, 5.41) is 4.19. The minimum absolute atomic E-state index is 0.131. The quantitative estimate of drug-likeness (QED) is 0.497. The number of fused-ring (bicyclic) bond motifs is 1. The Kier molecular flexibility index (Phi) is 6.63. The molecule has 2 aliphatic heterocycles. The third-order valence-electron chi connectivity index (χ3n) is 6.85. The Morgan fingerprint density at radius 1 is 0.971 bits per heavy atom. The molecule has 0 bridgehead atoms. The number of para-hydroxylation sites is 1. The first-order chi connectivity index (χ1) is 16.6. The lowest BCUT2D eigenvalue weighted by Gasteiger charge is -2.35. The van der Waals surface area contributed by atoms with Crippen LogP contribution >= 0.6 is 11.3 Å². The van der Waals surface area contributed by atoms with Crippen molar-refractivity contribution in [1.82, 2.24) is 25.0 Å². The fourth-order valence-electron chi connectivity index (χ4n) is 4.90. The van der Waals surface area contributed by atoms with Crippen molar-refractivity contribution in [2.24, 2.45) is 0 Å². The summed E-state index contributed by atoms with van der Waals surface area (Å²) in [6, 6.07) is 17.6. The molecule has 1 atom stereocenters. The molecule has 34 heavy (non-hydrogen) atoms. The molecule has 7 nitrogen and oxygen atoms in total. The number of hydrogen-bond donors (Lipinski definition) is 1. The molecule has 3 amide bonds. The van der Waals surface area contributed by atoms with Gasteiger partial charge in [0.1, 0.15) is 10.5 Å². The van der Waals surface area contributed by atoms with Crippen molar-refractivity contribution >= 4 is 33.5 Å². The summed E-state index contributed by atoms with van der Waals surface area (Å²) in [4.78, 5) is 37.3. The van der Waals surface area contributed by atoms with Gasteiger partial charge in [-0.1, -0.05) is 62.2 Å². The molecule has 0 radical (unpaired) electrons. The monoisotopic (exact) mass is 477 g/mol. The Bertz CT molecular complexity index is 1130. The third-order valence-corrected chi connectivity index (χ3v) is 7.87. The van der Waals surface area contributed by atoms with Crippen LogP contribution in [0.25, 0.3) is 10.2 Å². The average Bonchev–Trinajstić information content (AvgIpc) is 3.38. The molecule has 1 aromatic heterocycles. The van der Waals surface area contributed by atoms with Crippen molar-refractivity contribution in [2.75, 3.05) is 32.8 Å². The molecule has 2 aromatic carbocycles. The Balaban J connectivity index is 1.21. The first kappa shape index (κ1) is 23.0. The van der Waals surface area contributed by atoms with Crippen molar-refractivity contribution in [3.63, 3.8) is 0 Å². The van der Waals surface area contributed by atoms with Crippen molar-refractivity contribution in [3.05, 3.63) is 65.2 Å². The number of rotatable bonds is 8. The Labute approximate surface area is 204 Å². The highest BCUT2D eigenvalue weighted by atomic mass is 32.1. The van der Waals surface area contributed by atoms with Crippen LogP contribution in [0.15, 0.2) is 54.6 Å². The molecule has 0 saturated carbocycles. The van der Waals surface area contributed by atoms with Gasteiger partial charge in [-0.3, -0.25) is 14.6 Å². The van der Waals surface area contributed by atoms with Gasteiger partial charge in [-0.05, 0) is 24.1 Å². The number of imide groups is 1. The van der Waals surface area contributed by atoms with Gasteiger partial charge < -0.3 is 5.32 Å². The fraction of sp³-hybridized carbons (Fsp3) is 0.423. The highest BCUT2D eigenvalue weighted by Crippen LogP contribution is 2.34. The van der Waals surface area contributed by atoms with Gasteiger partial charge in [0.05, 0.1) is 23.4 Å². The summed E-state index contributed by atoms with van der Waals surface area (Å²) in [5.41, 5.74) is 0.970. The minimum Gasteiger partial charge on any atom is -0.319 e. The van der Waals surface area contributed by atoms with E-state index >= 15 is 0 Å². The maximum atomic E-state index is 13.6. The van der Waals surface area contributed by atoms with Gasteiger partial charge in [-0.15, -0.1) is 11.3 Å². The SMILES string of the molecule is CCCCC1(c2ccccc2)NC(=O)N(CN2CCN(Cc3nc4ccccc4s3)CC2)C1=O. The van der Waals surface area contributed by atoms with Gasteiger partial charge in [0.25, 0.3) is 5.91 Å². The molecule has 178 valence electrons. The van der Waals surface area contributed by atoms with E-state index < -0.39 is 5.54 Å². The average molecular weight is 478 g/mol. The number of amides is 3. The predicted octanol–water partition coefficient (Wildman–Crippen LogP) is 4.01. The van der Waals surface area contributed by atoms with E-state index in [9.17, 15) is 9.59 Å². The number of carbonyl (C=O) groups is 2. The first-order valence-electron chi connectivity index (χ1n) is 12.1. The zero-order valence-corrected chi connectivity index (χ0v) is 20.4. The van der Waals surface area contributed by atoms with E-state index in [1.165, 1.54) is 9.60 Å². The third kappa shape index (κ3) is 4.45. The van der Waals surface area contributed by atoms with Crippen LogP contribution in [0.5, 0.6) is 0 Å². The minimum atomic E-state index is -0.955. The maximum absolute atomic E-state index is 13.6. The predicted molar refractivity (Wildman–Crippen MR) is 134 cm³/mol. The normalized spacial score (nSPS) is 22.0. The number of aromatic nitrogens is 1. The zero-order valence-electron chi connectivity index (χ0n) is 19.6. The first-order valence-corrected chi connectivity index (χ1v) is 12.9. The van der Waals surface area contributed by atoms with E-state index in [-0.39, 0.29) is 11.9 Å². The summed E-state index contributed by atoms with van der Waals surface area (Å²) >= 11 is 1.75. The molecule has 2 fully saturated rings. The molecule has 0 aliphatic carbocycles. The Morgan fingerprint density at radius 3 is 2.41 bits per heavy atom. The maximum Gasteiger partial charge on any atom is 0.326 e. The molecule has 2 saturated heterocycles. The molecular weight excluding hydrogens is 446 g/mol. The number of piperazine rings is 1. The number of urea groups is 1. The topological polar surface area (TPSA) is 68.8 Å². The molecule has 5 rings (SSSR count). The van der Waals surface area contributed by atoms with Crippen molar-refractivity contribution in [3.8, 4) is 0 Å². The van der Waals surface area contributed by atoms with Gasteiger partial charge in [0.2, 0.25) is 0 Å². The smallest absolute Gasteiger partial charge is 0.319 e. The molecule has 1 N–H and O–H groups in total. The van der Waals surface area contributed by atoms with Gasteiger partial charge in [0, 0.05) is 26.2 Å². The van der Waals surface area contributed by atoms with Crippen LogP contribution < -0.4 is 5.32 Å². The Hall–Kier alpha value is -2.81. The van der Waals surface area contributed by atoms with Crippen LogP contribution in [-0.4, -0.2) is 64.5 Å². The molecule has 3 heterocycles. The van der Waals surface area contributed by atoms with E-state index in [2.05, 4.69) is 34.2 Å². The molecule has 1 unspecified atom stereocenters. The van der Waals surface area contributed by atoms with E-state index in [0.29, 0.717) is 13.1 Å². The molecular formula is C26H31N5O2S. The highest BCUT2D eigenvalue weighted by Gasteiger charge is 2.52. The second kappa shape index (κ2) is 9.82. The molecule has 8 heteroatoms. The van der Waals surface area contributed by atoms with E-state index in [1.807, 2.05) is 42.5 Å². The van der Waals surface area contributed by atoms with Gasteiger partial charge >= 0.3 is 6.03 Å². The van der Waals surface area contributed by atoms with Gasteiger partial charge in [0.15, 0.2) is 0 Å². The number of nitrogens with zero attached hydrogens (tertiary/aromatic N) is 4. The molecule has 0 spiro atoms.